The van der Waals surface area contributed by atoms with Crippen molar-refractivity contribution >= 4 is 11.8 Å². The van der Waals surface area contributed by atoms with E-state index >= 15 is 0 Å². The summed E-state index contributed by atoms with van der Waals surface area (Å²) in [5.41, 5.74) is 0. The number of hydrogen-bond donors (Lipinski definition) is 0. The second-order valence-corrected chi connectivity index (χ2v) is 4.73. The van der Waals surface area contributed by atoms with E-state index in [9.17, 15) is 9.59 Å². The smallest absolute Gasteiger partial charge is 0.305 e. The molecule has 0 N–H and O–H groups in total. The molecule has 1 aliphatic heterocycles. The van der Waals surface area contributed by atoms with Gasteiger partial charge in [-0.3, -0.25) is 9.59 Å². The molecule has 0 amide bonds. The minimum Gasteiger partial charge on any atom is -0.469 e. The number of carbonyl (C=O) groups excluding carboxylic acids is 2. The van der Waals surface area contributed by atoms with Crippen LogP contribution >= 0.6 is 0 Å². The molecule has 0 unspecified atom stereocenters. The quantitative estimate of drug-likeness (QED) is 0.650. The van der Waals surface area contributed by atoms with Gasteiger partial charge in [-0.1, -0.05) is 0 Å². The maximum absolute atomic E-state index is 11.7. The molecule has 3 atom stereocenters. The molecule has 0 aromatic rings. The monoisotopic (exact) mass is 228 g/mol. The Morgan fingerprint density at radius 2 is 2.19 bits per heavy atom. The average molecular weight is 228 g/mol. The van der Waals surface area contributed by atoms with Gasteiger partial charge in [0, 0.05) is 12.3 Å². The molecule has 16 heavy (non-hydrogen) atoms. The van der Waals surface area contributed by atoms with Crippen molar-refractivity contribution in [3.63, 3.8) is 0 Å². The molecule has 5 nitrogen and oxygen atoms in total. The molecular weight excluding hydrogens is 212 g/mol. The summed E-state index contributed by atoms with van der Waals surface area (Å²) in [6, 6.07) is 0. The molecule has 0 aromatic carbocycles. The van der Waals surface area contributed by atoms with Crippen molar-refractivity contribution in [2.24, 2.45) is 5.92 Å². The summed E-state index contributed by atoms with van der Waals surface area (Å²) in [4.78, 5) is 22.9. The van der Waals surface area contributed by atoms with Crippen molar-refractivity contribution in [2.75, 3.05) is 7.11 Å². The Bertz CT molecular complexity index is 322. The lowest BCUT2D eigenvalue weighted by molar-refractivity contribution is -0.165. The highest BCUT2D eigenvalue weighted by atomic mass is 16.8. The second-order valence-electron chi connectivity index (χ2n) is 4.73. The van der Waals surface area contributed by atoms with Gasteiger partial charge in [-0.05, 0) is 13.8 Å². The molecule has 90 valence electrons. The van der Waals surface area contributed by atoms with Gasteiger partial charge in [0.15, 0.2) is 11.6 Å². The van der Waals surface area contributed by atoms with Crippen LogP contribution in [0, 0.1) is 5.92 Å². The molecule has 0 radical (unpaired) electrons. The molecule has 1 saturated heterocycles. The van der Waals surface area contributed by atoms with Crippen LogP contribution < -0.4 is 0 Å². The van der Waals surface area contributed by atoms with Gasteiger partial charge in [0.05, 0.1) is 19.6 Å². The van der Waals surface area contributed by atoms with E-state index in [2.05, 4.69) is 4.74 Å². The summed E-state index contributed by atoms with van der Waals surface area (Å²) < 4.78 is 15.8. The predicted molar refractivity (Wildman–Crippen MR) is 53.6 cm³/mol. The summed E-state index contributed by atoms with van der Waals surface area (Å²) in [5, 5.41) is 0. The van der Waals surface area contributed by atoms with Gasteiger partial charge in [-0.25, -0.2) is 0 Å². The van der Waals surface area contributed by atoms with Crippen LogP contribution in [0.5, 0.6) is 0 Å². The summed E-state index contributed by atoms with van der Waals surface area (Å²) >= 11 is 0. The van der Waals surface area contributed by atoms with Crippen LogP contribution in [0.2, 0.25) is 0 Å². The Labute approximate surface area is 94.0 Å². The maximum Gasteiger partial charge on any atom is 0.305 e. The summed E-state index contributed by atoms with van der Waals surface area (Å²) in [5.74, 6) is -1.15. The first-order chi connectivity index (χ1) is 7.43. The van der Waals surface area contributed by atoms with Gasteiger partial charge in [0.2, 0.25) is 0 Å². The number of Topliss-reactive ketones (excluding diaryl/α,β-unsaturated/α-hetero) is 1. The summed E-state index contributed by atoms with van der Waals surface area (Å²) in [6.07, 6.45) is -0.269. The molecule has 0 aromatic heterocycles. The van der Waals surface area contributed by atoms with E-state index in [4.69, 9.17) is 9.47 Å². The molecule has 2 rings (SSSR count). The fourth-order valence-corrected chi connectivity index (χ4v) is 2.36. The second kappa shape index (κ2) is 3.82. The van der Waals surface area contributed by atoms with Crippen molar-refractivity contribution in [3.05, 3.63) is 0 Å². The van der Waals surface area contributed by atoms with Gasteiger partial charge in [-0.15, -0.1) is 0 Å². The predicted octanol–water partition coefficient (Wildman–Crippen LogP) is 0.659. The number of carbonyl (C=O) groups is 2. The SMILES string of the molecule is COC(=O)C[C@H]1CC(=O)[C@H]2OC(C)(C)O[C@@H]12. The maximum atomic E-state index is 11.7. The van der Waals surface area contributed by atoms with Crippen LogP contribution in [0.15, 0.2) is 0 Å². The normalized spacial score (nSPS) is 36.2. The molecule has 5 heteroatoms. The first-order valence-corrected chi connectivity index (χ1v) is 5.38. The van der Waals surface area contributed by atoms with Crippen molar-refractivity contribution in [1.29, 1.82) is 0 Å². The summed E-state index contributed by atoms with van der Waals surface area (Å²) in [6.45, 7) is 3.54. The van der Waals surface area contributed by atoms with Gasteiger partial charge >= 0.3 is 5.97 Å². The topological polar surface area (TPSA) is 61.8 Å². The Morgan fingerprint density at radius 3 is 2.81 bits per heavy atom. The Kier molecular flexibility index (Phi) is 2.75. The molecule has 2 fully saturated rings. The van der Waals surface area contributed by atoms with Crippen molar-refractivity contribution < 1.29 is 23.8 Å². The number of fused-ring (bicyclic) bond motifs is 1. The van der Waals surface area contributed by atoms with Crippen molar-refractivity contribution in [3.8, 4) is 0 Å². The Balaban J connectivity index is 2.07. The highest BCUT2D eigenvalue weighted by Crippen LogP contribution is 2.40. The largest absolute Gasteiger partial charge is 0.469 e. The third-order valence-electron chi connectivity index (χ3n) is 3.03. The van der Waals surface area contributed by atoms with Crippen LogP contribution in [0.4, 0.5) is 0 Å². The molecule has 0 spiro atoms. The van der Waals surface area contributed by atoms with Crippen LogP contribution in [0.3, 0.4) is 0 Å². The third kappa shape index (κ3) is 1.97. The van der Waals surface area contributed by atoms with Gasteiger partial charge < -0.3 is 14.2 Å². The van der Waals surface area contributed by atoms with Crippen LogP contribution in [0.1, 0.15) is 26.7 Å². The number of rotatable bonds is 2. The minimum atomic E-state index is -0.736. The standard InChI is InChI=1S/C11H16O5/c1-11(2)15-9-6(5-8(13)14-3)4-7(12)10(9)16-11/h6,9-10H,4-5H2,1-3H3/t6-,9+,10-/m1/s1. The third-order valence-corrected chi connectivity index (χ3v) is 3.03. The number of ketones is 1. The fourth-order valence-electron chi connectivity index (χ4n) is 2.36. The molecule has 2 aliphatic rings. The zero-order valence-corrected chi connectivity index (χ0v) is 9.69. The number of ether oxygens (including phenoxy) is 3. The first kappa shape index (κ1) is 11.5. The van der Waals surface area contributed by atoms with Crippen LogP contribution in [-0.2, 0) is 23.8 Å². The van der Waals surface area contributed by atoms with Crippen LogP contribution in [0.25, 0.3) is 0 Å². The average Bonchev–Trinajstić information content (AvgIpc) is 2.64. The number of hydrogen-bond acceptors (Lipinski definition) is 5. The fraction of sp³-hybridized carbons (Fsp3) is 0.818. The molecule has 1 heterocycles. The van der Waals surface area contributed by atoms with E-state index in [1.165, 1.54) is 7.11 Å². The molecule has 0 bridgehead atoms. The van der Waals surface area contributed by atoms with Gasteiger partial charge in [-0.2, -0.15) is 0 Å². The summed E-state index contributed by atoms with van der Waals surface area (Å²) in [7, 11) is 1.34. The zero-order valence-electron chi connectivity index (χ0n) is 9.69. The van der Waals surface area contributed by atoms with Gasteiger partial charge in [0.1, 0.15) is 6.10 Å². The minimum absolute atomic E-state index is 0.0180. The lowest BCUT2D eigenvalue weighted by atomic mass is 10.0. The van der Waals surface area contributed by atoms with Crippen LogP contribution in [-0.4, -0.2) is 36.9 Å². The lowest BCUT2D eigenvalue weighted by Crippen LogP contribution is -2.27. The molecule has 1 saturated carbocycles. The van der Waals surface area contributed by atoms with E-state index in [0.29, 0.717) is 6.42 Å². The molecule has 1 aliphatic carbocycles. The Morgan fingerprint density at radius 1 is 1.50 bits per heavy atom. The van der Waals surface area contributed by atoms with Crippen molar-refractivity contribution in [1.82, 2.24) is 0 Å². The molecular formula is C11H16O5. The highest BCUT2D eigenvalue weighted by Gasteiger charge is 2.53. The zero-order chi connectivity index (χ0) is 11.9. The first-order valence-electron chi connectivity index (χ1n) is 5.38. The van der Waals surface area contributed by atoms with Gasteiger partial charge in [0.25, 0.3) is 0 Å². The van der Waals surface area contributed by atoms with E-state index in [-0.39, 0.29) is 30.2 Å². The van der Waals surface area contributed by atoms with Crippen molar-refractivity contribution in [2.45, 2.75) is 44.7 Å². The highest BCUT2D eigenvalue weighted by molar-refractivity contribution is 5.87. The van der Waals surface area contributed by atoms with E-state index in [1.54, 1.807) is 13.8 Å². The van der Waals surface area contributed by atoms with E-state index < -0.39 is 11.9 Å². The van der Waals surface area contributed by atoms with E-state index in [1.807, 2.05) is 0 Å². The Hall–Kier alpha value is -0.940. The number of esters is 1. The van der Waals surface area contributed by atoms with E-state index in [0.717, 1.165) is 0 Å². The lowest BCUT2D eigenvalue weighted by Gasteiger charge is -2.20. The number of methoxy groups -OCH3 is 1.